The Labute approximate surface area is 124 Å². The summed E-state index contributed by atoms with van der Waals surface area (Å²) in [5.41, 5.74) is 1.21. The first-order valence-electron chi connectivity index (χ1n) is 7.18. The van der Waals surface area contributed by atoms with E-state index in [4.69, 9.17) is 5.11 Å². The molecule has 0 saturated carbocycles. The Morgan fingerprint density at radius 3 is 2.71 bits per heavy atom. The molecule has 2 aromatic rings. The summed E-state index contributed by atoms with van der Waals surface area (Å²) in [5.74, 6) is -0.748. The van der Waals surface area contributed by atoms with Crippen LogP contribution in [-0.2, 0) is 17.9 Å². The first kappa shape index (κ1) is 15.3. The summed E-state index contributed by atoms with van der Waals surface area (Å²) in [6.45, 7) is 3.14. The third kappa shape index (κ3) is 5.79. The van der Waals surface area contributed by atoms with Gasteiger partial charge in [-0.3, -0.25) is 9.69 Å². The average Bonchev–Trinajstić information content (AvgIpc) is 2.99. The topological polar surface area (TPSA) is 58.4 Å². The van der Waals surface area contributed by atoms with Crippen LogP contribution < -0.4 is 0 Å². The minimum Gasteiger partial charge on any atom is -0.481 e. The molecule has 0 amide bonds. The first-order chi connectivity index (χ1) is 10.2. The van der Waals surface area contributed by atoms with Crippen LogP contribution in [0.4, 0.5) is 0 Å². The van der Waals surface area contributed by atoms with E-state index in [0.29, 0.717) is 6.54 Å². The lowest BCUT2D eigenvalue weighted by molar-refractivity contribution is -0.137. The van der Waals surface area contributed by atoms with Crippen LogP contribution in [-0.4, -0.2) is 38.6 Å². The second kappa shape index (κ2) is 8.21. The van der Waals surface area contributed by atoms with Crippen molar-refractivity contribution < 1.29 is 9.90 Å². The molecule has 0 unspecified atom stereocenters. The average molecular weight is 287 g/mol. The molecule has 1 aromatic heterocycles. The summed E-state index contributed by atoms with van der Waals surface area (Å²) in [6.07, 6.45) is 6.67. The van der Waals surface area contributed by atoms with Crippen LogP contribution in [0.2, 0.25) is 0 Å². The number of rotatable bonds is 9. The molecule has 1 heterocycles. The maximum Gasteiger partial charge on any atom is 0.304 e. The van der Waals surface area contributed by atoms with Crippen molar-refractivity contribution in [2.45, 2.75) is 25.9 Å². The van der Waals surface area contributed by atoms with Gasteiger partial charge in [0.05, 0.1) is 12.7 Å². The molecule has 5 nitrogen and oxygen atoms in total. The van der Waals surface area contributed by atoms with Crippen molar-refractivity contribution in [2.24, 2.45) is 0 Å². The normalized spacial score (nSPS) is 10.9. The maximum atomic E-state index is 10.8. The van der Waals surface area contributed by atoms with E-state index in [0.717, 1.165) is 26.1 Å². The molecule has 1 N–H and O–H groups in total. The summed E-state index contributed by atoms with van der Waals surface area (Å²) in [6, 6.07) is 10.2. The molecular weight excluding hydrogens is 266 g/mol. The SMILES string of the molecule is O=C(O)CCN(CCCn1ccnc1)Cc1ccccc1. The molecule has 0 aliphatic rings. The summed E-state index contributed by atoms with van der Waals surface area (Å²) in [4.78, 5) is 17.0. The number of carboxylic acids is 1. The monoisotopic (exact) mass is 287 g/mol. The fraction of sp³-hybridized carbons (Fsp3) is 0.375. The largest absolute Gasteiger partial charge is 0.481 e. The second-order valence-corrected chi connectivity index (χ2v) is 5.06. The second-order valence-electron chi connectivity index (χ2n) is 5.06. The molecule has 0 spiro atoms. The van der Waals surface area contributed by atoms with Gasteiger partial charge in [-0.2, -0.15) is 0 Å². The van der Waals surface area contributed by atoms with Gasteiger partial charge in [0.2, 0.25) is 0 Å². The highest BCUT2D eigenvalue weighted by atomic mass is 16.4. The number of carboxylic acid groups (broad SMARTS) is 1. The van der Waals surface area contributed by atoms with Gasteiger partial charge in [-0.05, 0) is 12.0 Å². The molecule has 21 heavy (non-hydrogen) atoms. The van der Waals surface area contributed by atoms with Crippen molar-refractivity contribution >= 4 is 5.97 Å². The molecule has 2 rings (SSSR count). The van der Waals surface area contributed by atoms with Gasteiger partial charge in [0.1, 0.15) is 0 Å². The third-order valence-corrected chi connectivity index (χ3v) is 3.34. The van der Waals surface area contributed by atoms with E-state index < -0.39 is 5.97 Å². The Morgan fingerprint density at radius 1 is 1.24 bits per heavy atom. The van der Waals surface area contributed by atoms with Gasteiger partial charge >= 0.3 is 5.97 Å². The van der Waals surface area contributed by atoms with Crippen molar-refractivity contribution in [1.82, 2.24) is 14.5 Å². The van der Waals surface area contributed by atoms with Gasteiger partial charge in [0.25, 0.3) is 0 Å². The van der Waals surface area contributed by atoms with Gasteiger partial charge in [-0.1, -0.05) is 30.3 Å². The molecule has 112 valence electrons. The van der Waals surface area contributed by atoms with E-state index in [9.17, 15) is 4.79 Å². The zero-order chi connectivity index (χ0) is 14.9. The highest BCUT2D eigenvalue weighted by Gasteiger charge is 2.08. The van der Waals surface area contributed by atoms with E-state index in [1.54, 1.807) is 12.5 Å². The quantitative estimate of drug-likeness (QED) is 0.768. The maximum absolute atomic E-state index is 10.8. The van der Waals surface area contributed by atoms with Crippen LogP contribution in [0, 0.1) is 0 Å². The predicted molar refractivity (Wildman–Crippen MR) is 80.8 cm³/mol. The van der Waals surface area contributed by atoms with Crippen molar-refractivity contribution in [2.75, 3.05) is 13.1 Å². The van der Waals surface area contributed by atoms with Gasteiger partial charge in [0, 0.05) is 38.6 Å². The standard InChI is InChI=1S/C16H21N3O2/c20-16(21)7-11-18(13-15-5-2-1-3-6-15)9-4-10-19-12-8-17-14-19/h1-3,5-6,8,12,14H,4,7,9-11,13H2,(H,20,21). The van der Waals surface area contributed by atoms with Crippen LogP contribution in [0.25, 0.3) is 0 Å². The van der Waals surface area contributed by atoms with Gasteiger partial charge < -0.3 is 9.67 Å². The van der Waals surface area contributed by atoms with E-state index in [2.05, 4.69) is 22.0 Å². The lowest BCUT2D eigenvalue weighted by atomic mass is 10.2. The summed E-state index contributed by atoms with van der Waals surface area (Å²) in [5, 5.41) is 8.87. The van der Waals surface area contributed by atoms with Crippen molar-refractivity contribution in [1.29, 1.82) is 0 Å². The van der Waals surface area contributed by atoms with Crippen molar-refractivity contribution in [3.63, 3.8) is 0 Å². The van der Waals surface area contributed by atoms with Crippen LogP contribution in [0.5, 0.6) is 0 Å². The van der Waals surface area contributed by atoms with E-state index in [-0.39, 0.29) is 6.42 Å². The minimum absolute atomic E-state index is 0.178. The Balaban J connectivity index is 1.83. The van der Waals surface area contributed by atoms with Crippen LogP contribution in [0.3, 0.4) is 0 Å². The molecule has 1 aromatic carbocycles. The smallest absolute Gasteiger partial charge is 0.304 e. The molecule has 0 saturated heterocycles. The number of imidazole rings is 1. The van der Waals surface area contributed by atoms with Gasteiger partial charge in [-0.15, -0.1) is 0 Å². The molecule has 0 fully saturated rings. The minimum atomic E-state index is -0.748. The number of carbonyl (C=O) groups is 1. The number of benzene rings is 1. The highest BCUT2D eigenvalue weighted by molar-refractivity contribution is 5.66. The Bertz CT molecular complexity index is 526. The van der Waals surface area contributed by atoms with Gasteiger partial charge in [-0.25, -0.2) is 4.98 Å². The molecular formula is C16H21N3O2. The number of aryl methyl sites for hydroxylation is 1. The third-order valence-electron chi connectivity index (χ3n) is 3.34. The lowest BCUT2D eigenvalue weighted by Crippen LogP contribution is -2.27. The summed E-state index contributed by atoms with van der Waals surface area (Å²) < 4.78 is 2.04. The summed E-state index contributed by atoms with van der Waals surface area (Å²) in [7, 11) is 0. The number of aliphatic carboxylic acids is 1. The highest BCUT2D eigenvalue weighted by Crippen LogP contribution is 2.06. The zero-order valence-corrected chi connectivity index (χ0v) is 12.1. The molecule has 0 radical (unpaired) electrons. The fourth-order valence-corrected chi connectivity index (χ4v) is 2.26. The first-order valence-corrected chi connectivity index (χ1v) is 7.18. The van der Waals surface area contributed by atoms with Crippen molar-refractivity contribution in [3.05, 3.63) is 54.6 Å². The molecule has 0 atom stereocenters. The molecule has 5 heteroatoms. The Kier molecular flexibility index (Phi) is 5.97. The number of hydrogen-bond donors (Lipinski definition) is 1. The van der Waals surface area contributed by atoms with Crippen molar-refractivity contribution in [3.8, 4) is 0 Å². The number of nitrogens with zero attached hydrogens (tertiary/aromatic N) is 3. The van der Waals surface area contributed by atoms with Gasteiger partial charge in [0.15, 0.2) is 0 Å². The fourth-order valence-electron chi connectivity index (χ4n) is 2.26. The molecule has 0 aliphatic heterocycles. The zero-order valence-electron chi connectivity index (χ0n) is 12.1. The predicted octanol–water partition coefficient (Wildman–Crippen LogP) is 2.25. The molecule has 0 bridgehead atoms. The van der Waals surface area contributed by atoms with E-state index >= 15 is 0 Å². The van der Waals surface area contributed by atoms with E-state index in [1.165, 1.54) is 5.56 Å². The Hall–Kier alpha value is -2.14. The van der Waals surface area contributed by atoms with Crippen LogP contribution in [0.15, 0.2) is 49.1 Å². The summed E-state index contributed by atoms with van der Waals surface area (Å²) >= 11 is 0. The lowest BCUT2D eigenvalue weighted by Gasteiger charge is -2.21. The Morgan fingerprint density at radius 2 is 2.05 bits per heavy atom. The van der Waals surface area contributed by atoms with Crippen LogP contribution in [0.1, 0.15) is 18.4 Å². The number of hydrogen-bond acceptors (Lipinski definition) is 3. The van der Waals surface area contributed by atoms with Crippen LogP contribution >= 0.6 is 0 Å². The molecule has 0 aliphatic carbocycles. The number of aromatic nitrogens is 2. The van der Waals surface area contributed by atoms with E-state index in [1.807, 2.05) is 29.0 Å².